The molecule has 2 aliphatic rings. The van der Waals surface area contributed by atoms with Gasteiger partial charge >= 0.3 is 0 Å². The van der Waals surface area contributed by atoms with E-state index < -0.39 is 0 Å². The van der Waals surface area contributed by atoms with Gasteiger partial charge in [0.25, 0.3) is 0 Å². The van der Waals surface area contributed by atoms with Crippen LogP contribution in [0.15, 0.2) is 35.9 Å². The van der Waals surface area contributed by atoms with Crippen LogP contribution in [0.1, 0.15) is 18.4 Å². The van der Waals surface area contributed by atoms with E-state index in [0.29, 0.717) is 5.92 Å². The minimum absolute atomic E-state index is 0.0173. The first-order valence-electron chi connectivity index (χ1n) is 5.92. The summed E-state index contributed by atoms with van der Waals surface area (Å²) in [6, 6.07) is 10.4. The Morgan fingerprint density at radius 1 is 1.12 bits per heavy atom. The van der Waals surface area contributed by atoms with E-state index in [-0.39, 0.29) is 6.29 Å². The van der Waals surface area contributed by atoms with Crippen LogP contribution < -0.4 is 0 Å². The molecule has 16 heavy (non-hydrogen) atoms. The summed E-state index contributed by atoms with van der Waals surface area (Å²) in [5.74, 6) is 0.481. The average Bonchev–Trinajstić information content (AvgIpc) is 2.74. The molecule has 0 N–H and O–H groups in total. The Morgan fingerprint density at radius 3 is 2.88 bits per heavy atom. The lowest BCUT2D eigenvalue weighted by molar-refractivity contribution is -0.150. The van der Waals surface area contributed by atoms with Crippen molar-refractivity contribution in [3.05, 3.63) is 41.5 Å². The van der Waals surface area contributed by atoms with Crippen LogP contribution in [0.2, 0.25) is 0 Å². The summed E-state index contributed by atoms with van der Waals surface area (Å²) in [5.41, 5.74) is 2.64. The lowest BCUT2D eigenvalue weighted by Crippen LogP contribution is -2.26. The van der Waals surface area contributed by atoms with Gasteiger partial charge in [0.1, 0.15) is 0 Å². The minimum atomic E-state index is 0.0173. The van der Waals surface area contributed by atoms with Gasteiger partial charge in [0.05, 0.1) is 6.61 Å². The summed E-state index contributed by atoms with van der Waals surface area (Å²) in [6.07, 6.45) is 4.61. The van der Waals surface area contributed by atoms with E-state index in [1.165, 1.54) is 17.6 Å². The molecule has 1 aromatic rings. The van der Waals surface area contributed by atoms with Crippen molar-refractivity contribution in [1.29, 1.82) is 0 Å². The topological polar surface area (TPSA) is 18.5 Å². The quantitative estimate of drug-likeness (QED) is 0.718. The summed E-state index contributed by atoms with van der Waals surface area (Å²) in [6.45, 7) is 1.57. The van der Waals surface area contributed by atoms with E-state index in [1.54, 1.807) is 0 Å². The van der Waals surface area contributed by atoms with Crippen LogP contribution in [0, 0.1) is 5.92 Å². The number of rotatable bonds is 1. The van der Waals surface area contributed by atoms with Crippen molar-refractivity contribution in [1.82, 2.24) is 0 Å². The van der Waals surface area contributed by atoms with Gasteiger partial charge in [0.2, 0.25) is 0 Å². The van der Waals surface area contributed by atoms with Crippen molar-refractivity contribution in [3.63, 3.8) is 0 Å². The molecular weight excluding hydrogens is 200 g/mol. The van der Waals surface area contributed by atoms with Crippen molar-refractivity contribution in [2.24, 2.45) is 5.92 Å². The van der Waals surface area contributed by atoms with Crippen molar-refractivity contribution >= 4 is 6.08 Å². The molecule has 0 amide bonds. The molecule has 0 unspecified atom stereocenters. The molecule has 0 saturated carbocycles. The second-order valence-corrected chi connectivity index (χ2v) is 4.43. The second kappa shape index (κ2) is 4.40. The number of benzene rings is 1. The van der Waals surface area contributed by atoms with Crippen LogP contribution in [0.25, 0.3) is 6.08 Å². The SMILES string of the molecule is C(=C1/CO[C@@H]2OCCC[C@H]12)/c1ccccc1. The molecule has 84 valence electrons. The fraction of sp³-hybridized carbons (Fsp3) is 0.429. The molecule has 1 aromatic carbocycles. The van der Waals surface area contributed by atoms with Crippen molar-refractivity contribution in [3.8, 4) is 0 Å². The van der Waals surface area contributed by atoms with Crippen molar-refractivity contribution in [2.45, 2.75) is 19.1 Å². The van der Waals surface area contributed by atoms with Gasteiger partial charge in [-0.2, -0.15) is 0 Å². The molecule has 2 saturated heterocycles. The van der Waals surface area contributed by atoms with Crippen molar-refractivity contribution < 1.29 is 9.47 Å². The third-order valence-electron chi connectivity index (χ3n) is 3.31. The molecule has 3 rings (SSSR count). The Kier molecular flexibility index (Phi) is 2.77. The predicted molar refractivity (Wildman–Crippen MR) is 62.8 cm³/mol. The molecule has 0 aromatic heterocycles. The maximum Gasteiger partial charge on any atom is 0.164 e. The first-order chi connectivity index (χ1) is 7.93. The van der Waals surface area contributed by atoms with Gasteiger partial charge in [-0.05, 0) is 24.0 Å². The zero-order chi connectivity index (χ0) is 10.8. The van der Waals surface area contributed by atoms with E-state index in [9.17, 15) is 0 Å². The number of hydrogen-bond donors (Lipinski definition) is 0. The Labute approximate surface area is 95.9 Å². The van der Waals surface area contributed by atoms with Crippen LogP contribution in [0.3, 0.4) is 0 Å². The van der Waals surface area contributed by atoms with E-state index in [0.717, 1.165) is 19.6 Å². The maximum atomic E-state index is 5.65. The van der Waals surface area contributed by atoms with Gasteiger partial charge in [-0.3, -0.25) is 0 Å². The third kappa shape index (κ3) is 1.91. The first kappa shape index (κ1) is 10.1. The molecular formula is C14H16O2. The van der Waals surface area contributed by atoms with Gasteiger partial charge in [0, 0.05) is 12.5 Å². The van der Waals surface area contributed by atoms with Crippen molar-refractivity contribution in [2.75, 3.05) is 13.2 Å². The molecule has 2 heterocycles. The highest BCUT2D eigenvalue weighted by molar-refractivity contribution is 5.54. The molecule has 0 radical (unpaired) electrons. The minimum Gasteiger partial charge on any atom is -0.352 e. The molecule has 0 bridgehead atoms. The average molecular weight is 216 g/mol. The number of hydrogen-bond acceptors (Lipinski definition) is 2. The molecule has 2 heteroatoms. The number of fused-ring (bicyclic) bond motifs is 1. The third-order valence-corrected chi connectivity index (χ3v) is 3.31. The fourth-order valence-electron chi connectivity index (χ4n) is 2.48. The van der Waals surface area contributed by atoms with E-state index in [4.69, 9.17) is 9.47 Å². The van der Waals surface area contributed by atoms with Gasteiger partial charge in [0.15, 0.2) is 6.29 Å². The molecule has 0 spiro atoms. The highest BCUT2D eigenvalue weighted by atomic mass is 16.7. The Hall–Kier alpha value is -1.12. The van der Waals surface area contributed by atoms with E-state index >= 15 is 0 Å². The Balaban J connectivity index is 1.82. The summed E-state index contributed by atoms with van der Waals surface area (Å²) < 4.78 is 11.3. The fourth-order valence-corrected chi connectivity index (χ4v) is 2.48. The summed E-state index contributed by atoms with van der Waals surface area (Å²) >= 11 is 0. The highest BCUT2D eigenvalue weighted by Gasteiger charge is 2.35. The zero-order valence-corrected chi connectivity index (χ0v) is 9.26. The molecule has 2 nitrogen and oxygen atoms in total. The maximum absolute atomic E-state index is 5.65. The summed E-state index contributed by atoms with van der Waals surface area (Å²) in [5, 5.41) is 0. The molecule has 2 fully saturated rings. The summed E-state index contributed by atoms with van der Waals surface area (Å²) in [7, 11) is 0. The molecule has 0 aliphatic carbocycles. The Morgan fingerprint density at radius 2 is 2.00 bits per heavy atom. The number of ether oxygens (including phenoxy) is 2. The second-order valence-electron chi connectivity index (χ2n) is 4.43. The normalized spacial score (nSPS) is 31.6. The summed E-state index contributed by atoms with van der Waals surface area (Å²) in [4.78, 5) is 0. The van der Waals surface area contributed by atoms with Crippen LogP contribution >= 0.6 is 0 Å². The zero-order valence-electron chi connectivity index (χ0n) is 9.26. The molecule has 2 aliphatic heterocycles. The van der Waals surface area contributed by atoms with Crippen LogP contribution in [0.4, 0.5) is 0 Å². The largest absolute Gasteiger partial charge is 0.352 e. The predicted octanol–water partition coefficient (Wildman–Crippen LogP) is 2.85. The van der Waals surface area contributed by atoms with Gasteiger partial charge in [-0.15, -0.1) is 0 Å². The monoisotopic (exact) mass is 216 g/mol. The van der Waals surface area contributed by atoms with Crippen LogP contribution in [0.5, 0.6) is 0 Å². The Bertz CT molecular complexity index is 383. The van der Waals surface area contributed by atoms with Gasteiger partial charge < -0.3 is 9.47 Å². The van der Waals surface area contributed by atoms with Crippen LogP contribution in [-0.2, 0) is 9.47 Å². The highest BCUT2D eigenvalue weighted by Crippen LogP contribution is 2.35. The lowest BCUT2D eigenvalue weighted by atomic mass is 9.93. The standard InChI is InChI=1S/C14H16O2/c1-2-5-11(6-3-1)9-12-10-16-14-13(12)7-4-8-15-14/h1-3,5-6,9,13-14H,4,7-8,10H2/b12-9+/t13-,14+/m1/s1. The first-order valence-corrected chi connectivity index (χ1v) is 5.92. The van der Waals surface area contributed by atoms with Crippen LogP contribution in [-0.4, -0.2) is 19.5 Å². The van der Waals surface area contributed by atoms with E-state index in [1.807, 2.05) is 6.07 Å². The smallest absolute Gasteiger partial charge is 0.164 e. The lowest BCUT2D eigenvalue weighted by Gasteiger charge is -2.24. The van der Waals surface area contributed by atoms with Gasteiger partial charge in [-0.1, -0.05) is 36.4 Å². The van der Waals surface area contributed by atoms with E-state index in [2.05, 4.69) is 30.3 Å². The molecule has 2 atom stereocenters. The van der Waals surface area contributed by atoms with Gasteiger partial charge in [-0.25, -0.2) is 0 Å².